The quantitative estimate of drug-likeness (QED) is 0.443. The molecule has 0 fully saturated rings. The fourth-order valence-electron chi connectivity index (χ4n) is 2.51. The Balaban J connectivity index is 1.42. The summed E-state index contributed by atoms with van der Waals surface area (Å²) >= 11 is 7.38. The lowest BCUT2D eigenvalue weighted by atomic mass is 10.2. The molecule has 5 nitrogen and oxygen atoms in total. The summed E-state index contributed by atoms with van der Waals surface area (Å²) in [4.78, 5) is 4.44. The molecule has 0 saturated carbocycles. The van der Waals surface area contributed by atoms with E-state index in [0.29, 0.717) is 21.9 Å². The summed E-state index contributed by atoms with van der Waals surface area (Å²) in [6.45, 7) is 0.788. The predicted molar refractivity (Wildman–Crippen MR) is 102 cm³/mol. The van der Waals surface area contributed by atoms with Crippen LogP contribution in [-0.4, -0.2) is 19.7 Å². The van der Waals surface area contributed by atoms with Crippen LogP contribution in [0.5, 0.6) is 0 Å². The van der Waals surface area contributed by atoms with Crippen LogP contribution in [0, 0.1) is 0 Å². The maximum atomic E-state index is 5.90. The average Bonchev–Trinajstić information content (AvgIpc) is 3.31. The molecule has 0 amide bonds. The van der Waals surface area contributed by atoms with Gasteiger partial charge in [0.15, 0.2) is 0 Å². The van der Waals surface area contributed by atoms with Gasteiger partial charge >= 0.3 is 0 Å². The molecule has 26 heavy (non-hydrogen) atoms. The molecular weight excluding hydrogens is 368 g/mol. The minimum atomic E-state index is 0.483. The van der Waals surface area contributed by atoms with Gasteiger partial charge in [-0.25, -0.2) is 4.98 Å². The van der Waals surface area contributed by atoms with Gasteiger partial charge in [0.05, 0.1) is 5.75 Å². The molecule has 2 heterocycles. The van der Waals surface area contributed by atoms with Crippen molar-refractivity contribution in [2.24, 2.45) is 0 Å². The Morgan fingerprint density at radius 2 is 1.81 bits per heavy atom. The smallest absolute Gasteiger partial charge is 0.277 e. The Bertz CT molecular complexity index is 982. The lowest BCUT2D eigenvalue weighted by Crippen LogP contribution is -2.03. The topological polar surface area (TPSA) is 56.7 Å². The SMILES string of the molecule is Clc1ccc(-c2nnc(SCc3nccn3Cc3ccccc3)o2)cc1. The van der Waals surface area contributed by atoms with E-state index in [4.69, 9.17) is 16.0 Å². The van der Waals surface area contributed by atoms with Gasteiger partial charge in [0.1, 0.15) is 5.82 Å². The van der Waals surface area contributed by atoms with E-state index in [1.165, 1.54) is 17.3 Å². The molecule has 130 valence electrons. The third kappa shape index (κ3) is 3.98. The first-order valence-corrected chi connectivity index (χ1v) is 9.40. The van der Waals surface area contributed by atoms with E-state index in [1.54, 1.807) is 12.1 Å². The van der Waals surface area contributed by atoms with Gasteiger partial charge in [0, 0.05) is 29.5 Å². The summed E-state index contributed by atoms with van der Waals surface area (Å²) in [5.41, 5.74) is 2.08. The Kier molecular flexibility index (Phi) is 5.04. The van der Waals surface area contributed by atoms with E-state index >= 15 is 0 Å². The van der Waals surface area contributed by atoms with Gasteiger partial charge in [-0.3, -0.25) is 0 Å². The van der Waals surface area contributed by atoms with Crippen molar-refractivity contribution in [2.75, 3.05) is 0 Å². The van der Waals surface area contributed by atoms with E-state index in [2.05, 4.69) is 31.9 Å². The maximum Gasteiger partial charge on any atom is 0.277 e. The molecule has 0 bridgehead atoms. The first-order chi connectivity index (χ1) is 12.8. The van der Waals surface area contributed by atoms with Crippen LogP contribution >= 0.6 is 23.4 Å². The van der Waals surface area contributed by atoms with Crippen molar-refractivity contribution in [1.29, 1.82) is 0 Å². The highest BCUT2D eigenvalue weighted by Gasteiger charge is 2.11. The molecule has 2 aromatic heterocycles. The second-order valence-electron chi connectivity index (χ2n) is 5.63. The average molecular weight is 383 g/mol. The summed E-state index contributed by atoms with van der Waals surface area (Å²) in [6.07, 6.45) is 3.79. The van der Waals surface area contributed by atoms with Crippen LogP contribution in [0.2, 0.25) is 5.02 Å². The van der Waals surface area contributed by atoms with Gasteiger partial charge in [0.25, 0.3) is 5.22 Å². The summed E-state index contributed by atoms with van der Waals surface area (Å²) in [5, 5.41) is 9.39. The molecule has 0 saturated heterocycles. The molecule has 2 aromatic carbocycles. The van der Waals surface area contributed by atoms with Crippen molar-refractivity contribution < 1.29 is 4.42 Å². The zero-order chi connectivity index (χ0) is 17.8. The summed E-state index contributed by atoms with van der Waals surface area (Å²) in [5.74, 6) is 2.10. The Morgan fingerprint density at radius 1 is 1.00 bits per heavy atom. The minimum Gasteiger partial charge on any atom is -0.411 e. The molecular formula is C19H15ClN4OS. The predicted octanol–water partition coefficient (Wildman–Crippen LogP) is 4.93. The highest BCUT2D eigenvalue weighted by Crippen LogP contribution is 2.26. The van der Waals surface area contributed by atoms with Crippen molar-refractivity contribution in [3.8, 4) is 11.5 Å². The number of thioether (sulfide) groups is 1. The van der Waals surface area contributed by atoms with Crippen molar-refractivity contribution in [3.63, 3.8) is 0 Å². The second-order valence-corrected chi connectivity index (χ2v) is 6.99. The molecule has 0 unspecified atom stereocenters. The Labute approximate surface area is 160 Å². The number of rotatable bonds is 6. The highest BCUT2D eigenvalue weighted by atomic mass is 35.5. The van der Waals surface area contributed by atoms with Crippen molar-refractivity contribution in [2.45, 2.75) is 17.5 Å². The number of hydrogen-bond acceptors (Lipinski definition) is 5. The van der Waals surface area contributed by atoms with Crippen molar-refractivity contribution in [1.82, 2.24) is 19.7 Å². The van der Waals surface area contributed by atoms with Crippen molar-refractivity contribution in [3.05, 3.63) is 83.4 Å². The molecule has 0 spiro atoms. The number of aromatic nitrogens is 4. The summed E-state index contributed by atoms with van der Waals surface area (Å²) in [7, 11) is 0. The number of halogens is 1. The first-order valence-electron chi connectivity index (χ1n) is 8.04. The minimum absolute atomic E-state index is 0.483. The lowest BCUT2D eigenvalue weighted by Gasteiger charge is -2.06. The molecule has 7 heteroatoms. The molecule has 0 aliphatic carbocycles. The van der Waals surface area contributed by atoms with E-state index in [-0.39, 0.29) is 0 Å². The van der Waals surface area contributed by atoms with Gasteiger partial charge in [0.2, 0.25) is 5.89 Å². The zero-order valence-corrected chi connectivity index (χ0v) is 15.3. The molecule has 0 aliphatic heterocycles. The molecule has 0 atom stereocenters. The molecule has 4 rings (SSSR count). The monoisotopic (exact) mass is 382 g/mol. The third-order valence-electron chi connectivity index (χ3n) is 3.82. The van der Waals surface area contributed by atoms with Gasteiger partial charge in [-0.1, -0.05) is 53.7 Å². The van der Waals surface area contributed by atoms with Crippen LogP contribution in [-0.2, 0) is 12.3 Å². The van der Waals surface area contributed by atoms with Crippen LogP contribution < -0.4 is 0 Å². The van der Waals surface area contributed by atoms with Crippen LogP contribution in [0.4, 0.5) is 0 Å². The molecule has 0 N–H and O–H groups in total. The van der Waals surface area contributed by atoms with Crippen LogP contribution in [0.1, 0.15) is 11.4 Å². The van der Waals surface area contributed by atoms with E-state index in [9.17, 15) is 0 Å². The van der Waals surface area contributed by atoms with E-state index in [0.717, 1.165) is 17.9 Å². The van der Waals surface area contributed by atoms with Gasteiger partial charge in [-0.2, -0.15) is 0 Å². The van der Waals surface area contributed by atoms with Gasteiger partial charge in [-0.15, -0.1) is 10.2 Å². The van der Waals surface area contributed by atoms with Crippen LogP contribution in [0.15, 0.2) is 76.6 Å². The third-order valence-corrected chi connectivity index (χ3v) is 4.89. The molecule has 0 radical (unpaired) electrons. The second kappa shape index (κ2) is 7.76. The zero-order valence-electron chi connectivity index (χ0n) is 13.7. The Morgan fingerprint density at radius 3 is 2.62 bits per heavy atom. The Hall–Kier alpha value is -2.57. The van der Waals surface area contributed by atoms with Gasteiger partial charge < -0.3 is 8.98 Å². The summed E-state index contributed by atoms with van der Waals surface area (Å²) < 4.78 is 7.85. The fraction of sp³-hybridized carbons (Fsp3) is 0.105. The normalized spacial score (nSPS) is 11.0. The lowest BCUT2D eigenvalue weighted by molar-refractivity contribution is 0.465. The first kappa shape index (κ1) is 16.9. The van der Waals surface area contributed by atoms with Crippen LogP contribution in [0.25, 0.3) is 11.5 Å². The number of hydrogen-bond donors (Lipinski definition) is 0. The number of benzene rings is 2. The van der Waals surface area contributed by atoms with Gasteiger partial charge in [-0.05, 0) is 29.8 Å². The summed E-state index contributed by atoms with van der Waals surface area (Å²) in [6, 6.07) is 17.6. The fourth-order valence-corrected chi connectivity index (χ4v) is 3.36. The highest BCUT2D eigenvalue weighted by molar-refractivity contribution is 7.98. The number of nitrogens with zero attached hydrogens (tertiary/aromatic N) is 4. The van der Waals surface area contributed by atoms with E-state index < -0.39 is 0 Å². The maximum absolute atomic E-state index is 5.90. The largest absolute Gasteiger partial charge is 0.411 e. The van der Waals surface area contributed by atoms with Crippen molar-refractivity contribution >= 4 is 23.4 Å². The molecule has 0 aliphatic rings. The number of imidazole rings is 1. The van der Waals surface area contributed by atoms with E-state index in [1.807, 2.05) is 42.7 Å². The standard InChI is InChI=1S/C19H15ClN4OS/c20-16-8-6-15(7-9-16)18-22-23-19(25-18)26-13-17-21-10-11-24(17)12-14-4-2-1-3-5-14/h1-11H,12-13H2. The van der Waals surface area contributed by atoms with Crippen LogP contribution in [0.3, 0.4) is 0 Å². The molecule has 4 aromatic rings.